The number of halogens is 2. The summed E-state index contributed by atoms with van der Waals surface area (Å²) in [4.78, 5) is 26.6. The van der Waals surface area contributed by atoms with Gasteiger partial charge in [-0.05, 0) is 80.4 Å². The lowest BCUT2D eigenvalue weighted by Gasteiger charge is -2.25. The minimum absolute atomic E-state index is 0.0385. The van der Waals surface area contributed by atoms with Crippen LogP contribution in [0, 0.1) is 18.7 Å². The van der Waals surface area contributed by atoms with Crippen molar-refractivity contribution in [2.75, 3.05) is 24.5 Å². The number of aryl methyl sites for hydroxylation is 1. The van der Waals surface area contributed by atoms with E-state index in [1.807, 2.05) is 37.2 Å². The summed E-state index contributed by atoms with van der Waals surface area (Å²) >= 11 is 3.43. The van der Waals surface area contributed by atoms with Gasteiger partial charge in [0.05, 0.1) is 15.7 Å². The Kier molecular flexibility index (Phi) is 5.79. The van der Waals surface area contributed by atoms with E-state index < -0.39 is 11.7 Å². The molecule has 1 atom stereocenters. The Hall–Kier alpha value is -2.09. The van der Waals surface area contributed by atoms with Gasteiger partial charge in [-0.15, -0.1) is 0 Å². The van der Waals surface area contributed by atoms with Crippen LogP contribution in [0.25, 0.3) is 10.9 Å². The second-order valence-electron chi connectivity index (χ2n) is 9.62. The summed E-state index contributed by atoms with van der Waals surface area (Å²) in [5.74, 6) is -0.108. The molecule has 1 aliphatic carbocycles. The highest BCUT2D eigenvalue weighted by molar-refractivity contribution is 9.10. The van der Waals surface area contributed by atoms with E-state index >= 15 is 4.39 Å². The Bertz CT molecular complexity index is 1090. The van der Waals surface area contributed by atoms with Crippen LogP contribution in [0.5, 0.6) is 0 Å². The van der Waals surface area contributed by atoms with Crippen LogP contribution in [-0.2, 0) is 4.74 Å². The van der Waals surface area contributed by atoms with Crippen molar-refractivity contribution in [2.45, 2.75) is 58.6 Å². The van der Waals surface area contributed by atoms with Gasteiger partial charge in [0.2, 0.25) is 0 Å². The van der Waals surface area contributed by atoms with E-state index in [1.165, 1.54) is 0 Å². The first-order valence-corrected chi connectivity index (χ1v) is 11.6. The topological polar surface area (TPSA) is 63.6 Å². The van der Waals surface area contributed by atoms with Gasteiger partial charge in [0, 0.05) is 37.1 Å². The van der Waals surface area contributed by atoms with Crippen molar-refractivity contribution < 1.29 is 13.9 Å². The number of hydrogen-bond acceptors (Lipinski definition) is 4. The zero-order valence-corrected chi connectivity index (χ0v) is 20.0. The van der Waals surface area contributed by atoms with E-state index in [1.54, 1.807) is 12.1 Å². The fraction of sp³-hybridized carbons (Fsp3) is 0.565. The first-order chi connectivity index (χ1) is 14.6. The molecule has 1 amide bonds. The van der Waals surface area contributed by atoms with Crippen LogP contribution in [0.1, 0.15) is 51.6 Å². The van der Waals surface area contributed by atoms with Gasteiger partial charge in [-0.3, -0.25) is 4.79 Å². The molecular weight excluding hydrogens is 465 g/mol. The smallest absolute Gasteiger partial charge is 0.407 e. The molecular formula is C23H29BrFN3O3. The first-order valence-electron chi connectivity index (χ1n) is 10.8. The molecule has 0 bridgehead atoms. The van der Waals surface area contributed by atoms with Crippen molar-refractivity contribution in [3.8, 4) is 0 Å². The molecule has 6 nitrogen and oxygen atoms in total. The van der Waals surface area contributed by atoms with Gasteiger partial charge < -0.3 is 19.5 Å². The molecule has 2 heterocycles. The monoisotopic (exact) mass is 493 g/mol. The highest BCUT2D eigenvalue weighted by Gasteiger charge is 2.32. The highest BCUT2D eigenvalue weighted by atomic mass is 79.9. The van der Waals surface area contributed by atoms with Crippen molar-refractivity contribution >= 4 is 38.6 Å². The number of carbonyl (C=O) groups is 1. The Morgan fingerprint density at radius 3 is 2.65 bits per heavy atom. The van der Waals surface area contributed by atoms with Gasteiger partial charge >= 0.3 is 6.09 Å². The molecule has 0 radical (unpaired) electrons. The summed E-state index contributed by atoms with van der Waals surface area (Å²) in [5.41, 5.74) is 1.51. The average Bonchev–Trinajstić information content (AvgIpc) is 3.41. The van der Waals surface area contributed by atoms with Crippen LogP contribution in [0.2, 0.25) is 0 Å². The number of nitrogens with one attached hydrogen (secondary N) is 1. The van der Waals surface area contributed by atoms with Crippen LogP contribution in [0.3, 0.4) is 0 Å². The molecule has 4 rings (SSSR count). The van der Waals surface area contributed by atoms with Gasteiger partial charge in [0.1, 0.15) is 5.60 Å². The number of benzene rings is 1. The van der Waals surface area contributed by atoms with Crippen LogP contribution in [0.15, 0.2) is 21.4 Å². The van der Waals surface area contributed by atoms with Crippen LogP contribution >= 0.6 is 15.9 Å². The molecule has 2 fully saturated rings. The second-order valence-corrected chi connectivity index (χ2v) is 10.4. The number of carbonyl (C=O) groups excluding carboxylic acids is 1. The predicted octanol–water partition coefficient (Wildman–Crippen LogP) is 4.90. The number of rotatable bonds is 4. The number of pyridine rings is 1. The molecule has 1 saturated heterocycles. The summed E-state index contributed by atoms with van der Waals surface area (Å²) < 4.78 is 23.0. The zero-order valence-electron chi connectivity index (χ0n) is 18.4. The van der Waals surface area contributed by atoms with Crippen LogP contribution in [-0.4, -0.2) is 35.9 Å². The molecule has 31 heavy (non-hydrogen) atoms. The summed E-state index contributed by atoms with van der Waals surface area (Å²) in [7, 11) is 0. The van der Waals surface area contributed by atoms with Crippen molar-refractivity contribution in [1.29, 1.82) is 0 Å². The Morgan fingerprint density at radius 2 is 2.00 bits per heavy atom. The number of hydrogen-bond donors (Lipinski definition) is 1. The third-order valence-electron chi connectivity index (χ3n) is 5.91. The maximum Gasteiger partial charge on any atom is 0.407 e. The van der Waals surface area contributed by atoms with Gasteiger partial charge in [0.15, 0.2) is 5.82 Å². The molecule has 1 N–H and O–H groups in total. The van der Waals surface area contributed by atoms with E-state index in [4.69, 9.17) is 4.74 Å². The number of nitrogens with zero attached hydrogens (tertiary/aromatic N) is 2. The summed E-state index contributed by atoms with van der Waals surface area (Å²) in [5, 5.41) is 3.60. The van der Waals surface area contributed by atoms with Gasteiger partial charge in [-0.1, -0.05) is 0 Å². The Balaban J connectivity index is 1.61. The molecule has 1 saturated carbocycles. The fourth-order valence-corrected chi connectivity index (χ4v) is 4.74. The molecule has 1 aromatic carbocycles. The summed E-state index contributed by atoms with van der Waals surface area (Å²) in [6, 6.07) is 3.50. The van der Waals surface area contributed by atoms with Crippen molar-refractivity contribution in [3.05, 3.63) is 38.3 Å². The lowest BCUT2D eigenvalue weighted by molar-refractivity contribution is 0.0520. The van der Waals surface area contributed by atoms with Crippen molar-refractivity contribution in [1.82, 2.24) is 9.88 Å². The Labute approximate surface area is 189 Å². The lowest BCUT2D eigenvalue weighted by Crippen LogP contribution is -2.36. The molecule has 2 aliphatic rings. The standard InChI is InChI=1S/C23H29BrFN3O3/c1-13-18(24)19(25)21(16-7-8-17(29)28(20(13)16)15-5-6-15)27-10-9-14(12-27)11-26-22(30)31-23(2,3)4/h7-8,14-15H,5-6,9-12H2,1-4H3,(H,26,30). The van der Waals surface area contributed by atoms with E-state index in [-0.39, 0.29) is 23.3 Å². The van der Waals surface area contributed by atoms with Crippen molar-refractivity contribution in [3.63, 3.8) is 0 Å². The van der Waals surface area contributed by atoms with E-state index in [9.17, 15) is 9.59 Å². The van der Waals surface area contributed by atoms with Gasteiger partial charge in [0.25, 0.3) is 5.56 Å². The highest BCUT2D eigenvalue weighted by Crippen LogP contribution is 2.43. The molecule has 0 spiro atoms. The number of anilines is 1. The second kappa shape index (κ2) is 8.11. The fourth-order valence-electron chi connectivity index (χ4n) is 4.37. The third kappa shape index (κ3) is 4.45. The van der Waals surface area contributed by atoms with Gasteiger partial charge in [-0.25, -0.2) is 9.18 Å². The molecule has 8 heteroatoms. The maximum absolute atomic E-state index is 15.5. The molecule has 1 aliphatic heterocycles. The number of amides is 1. The molecule has 1 unspecified atom stereocenters. The number of aromatic nitrogens is 1. The first kappa shape index (κ1) is 22.1. The maximum atomic E-state index is 15.5. The van der Waals surface area contributed by atoms with E-state index in [2.05, 4.69) is 21.2 Å². The lowest BCUT2D eigenvalue weighted by atomic mass is 10.1. The normalized spacial score (nSPS) is 19.2. The van der Waals surface area contributed by atoms with E-state index in [0.717, 1.165) is 35.7 Å². The predicted molar refractivity (Wildman–Crippen MR) is 123 cm³/mol. The minimum Gasteiger partial charge on any atom is -0.444 e. The van der Waals surface area contributed by atoms with E-state index in [0.29, 0.717) is 29.8 Å². The number of alkyl carbamates (subject to hydrolysis) is 1. The van der Waals surface area contributed by atoms with Crippen LogP contribution in [0.4, 0.5) is 14.9 Å². The molecule has 1 aromatic heterocycles. The SMILES string of the molecule is Cc1c(Br)c(F)c(N2CCC(CNC(=O)OC(C)(C)C)C2)c2ccc(=O)n(C3CC3)c12. The molecule has 168 valence electrons. The van der Waals surface area contributed by atoms with Crippen LogP contribution < -0.4 is 15.8 Å². The summed E-state index contributed by atoms with van der Waals surface area (Å²) in [6.07, 6.45) is 2.36. The van der Waals surface area contributed by atoms with Gasteiger partial charge in [-0.2, -0.15) is 0 Å². The minimum atomic E-state index is -0.542. The number of fused-ring (bicyclic) bond motifs is 1. The zero-order chi connectivity index (χ0) is 22.5. The Morgan fingerprint density at radius 1 is 1.29 bits per heavy atom. The average molecular weight is 494 g/mol. The summed E-state index contributed by atoms with van der Waals surface area (Å²) in [6.45, 7) is 9.13. The van der Waals surface area contributed by atoms with Crippen molar-refractivity contribution in [2.24, 2.45) is 5.92 Å². The number of ether oxygens (including phenoxy) is 1. The molecule has 2 aromatic rings. The largest absolute Gasteiger partial charge is 0.444 e. The quantitative estimate of drug-likeness (QED) is 0.657. The third-order valence-corrected chi connectivity index (χ3v) is 6.86.